The highest BCUT2D eigenvalue weighted by Gasteiger charge is 2.30. The molecule has 2 heterocycles. The number of imidazole rings is 1. The number of aromatic amines is 1. The highest BCUT2D eigenvalue weighted by molar-refractivity contribution is 5.80. The largest absolute Gasteiger partial charge is 0.497 e. The van der Waals surface area contributed by atoms with Crippen molar-refractivity contribution in [2.45, 2.75) is 6.18 Å². The van der Waals surface area contributed by atoms with Gasteiger partial charge in [-0.3, -0.25) is 0 Å². The van der Waals surface area contributed by atoms with Gasteiger partial charge in [0.2, 0.25) is 11.8 Å². The van der Waals surface area contributed by atoms with E-state index in [1.807, 2.05) is 0 Å². The van der Waals surface area contributed by atoms with E-state index in [0.29, 0.717) is 17.4 Å². The molecule has 0 saturated heterocycles. The molecule has 4 aromatic rings. The van der Waals surface area contributed by atoms with Crippen LogP contribution in [0, 0.1) is 0 Å². The third kappa shape index (κ3) is 4.08. The Morgan fingerprint density at radius 1 is 1.00 bits per heavy atom. The zero-order valence-electron chi connectivity index (χ0n) is 15.1. The molecule has 4 rings (SSSR count). The minimum absolute atomic E-state index is 0.0240. The lowest BCUT2D eigenvalue weighted by Crippen LogP contribution is -2.04. The molecule has 0 aliphatic rings. The summed E-state index contributed by atoms with van der Waals surface area (Å²) in [6.45, 7) is 0. The van der Waals surface area contributed by atoms with E-state index in [4.69, 9.17) is 9.47 Å². The van der Waals surface area contributed by atoms with Crippen LogP contribution >= 0.6 is 0 Å². The minimum Gasteiger partial charge on any atom is -0.497 e. The van der Waals surface area contributed by atoms with Gasteiger partial charge in [0.25, 0.3) is 0 Å². The molecule has 0 aliphatic carbocycles. The first-order valence-corrected chi connectivity index (χ1v) is 8.53. The Morgan fingerprint density at radius 3 is 2.66 bits per heavy atom. The zero-order valence-corrected chi connectivity index (χ0v) is 15.1. The number of aromatic nitrogens is 3. The summed E-state index contributed by atoms with van der Waals surface area (Å²) in [4.78, 5) is 11.6. The Labute approximate surface area is 163 Å². The van der Waals surface area contributed by atoms with E-state index < -0.39 is 11.7 Å². The second kappa shape index (κ2) is 7.34. The average Bonchev–Trinajstić information content (AvgIpc) is 3.10. The summed E-state index contributed by atoms with van der Waals surface area (Å²) in [7, 11) is 1.57. The summed E-state index contributed by atoms with van der Waals surface area (Å²) in [6.07, 6.45) is -2.97. The van der Waals surface area contributed by atoms with Gasteiger partial charge in [0.15, 0.2) is 0 Å². The zero-order chi connectivity index (χ0) is 20.4. The molecule has 0 spiro atoms. The Morgan fingerprint density at radius 2 is 1.86 bits per heavy atom. The number of benzene rings is 2. The predicted octanol–water partition coefficient (Wildman–Crippen LogP) is 5.52. The van der Waals surface area contributed by atoms with Crippen LogP contribution in [0.1, 0.15) is 5.56 Å². The lowest BCUT2D eigenvalue weighted by Gasteiger charge is -2.12. The van der Waals surface area contributed by atoms with Gasteiger partial charge in [0, 0.05) is 12.3 Å². The molecule has 29 heavy (non-hydrogen) atoms. The molecule has 2 aromatic carbocycles. The van der Waals surface area contributed by atoms with Crippen LogP contribution in [0.15, 0.2) is 60.8 Å². The highest BCUT2D eigenvalue weighted by Crippen LogP contribution is 2.34. The number of hydrogen-bond acceptors (Lipinski definition) is 5. The van der Waals surface area contributed by atoms with Crippen molar-refractivity contribution >= 4 is 22.7 Å². The fourth-order valence-corrected chi connectivity index (χ4v) is 2.72. The van der Waals surface area contributed by atoms with Gasteiger partial charge >= 0.3 is 6.18 Å². The number of nitrogens with zero attached hydrogens (tertiary/aromatic N) is 2. The van der Waals surface area contributed by atoms with E-state index >= 15 is 0 Å². The van der Waals surface area contributed by atoms with Gasteiger partial charge in [0.05, 0.1) is 23.7 Å². The Hall–Kier alpha value is -3.75. The molecule has 0 saturated carbocycles. The Balaban J connectivity index is 1.61. The number of rotatable bonds is 5. The number of anilines is 2. The maximum Gasteiger partial charge on any atom is 0.416 e. The molecule has 6 nitrogen and oxygen atoms in total. The fraction of sp³-hybridized carbons (Fsp3) is 0.100. The highest BCUT2D eigenvalue weighted by atomic mass is 19.4. The number of halogens is 3. The fourth-order valence-electron chi connectivity index (χ4n) is 2.72. The Kier molecular flexibility index (Phi) is 4.71. The molecule has 0 amide bonds. The second-order valence-electron chi connectivity index (χ2n) is 6.08. The van der Waals surface area contributed by atoms with E-state index in [1.54, 1.807) is 37.4 Å². The smallest absolute Gasteiger partial charge is 0.416 e. The van der Waals surface area contributed by atoms with Crippen molar-refractivity contribution in [1.82, 2.24) is 15.0 Å². The minimum atomic E-state index is -4.46. The molecule has 0 atom stereocenters. The first-order chi connectivity index (χ1) is 13.9. The SMILES string of the molecule is COc1ccc2nc(Nc3cccnc3Oc3cccc(C(F)(F)F)c3)[nH]c2c1. The van der Waals surface area contributed by atoms with Gasteiger partial charge in [-0.1, -0.05) is 6.07 Å². The van der Waals surface area contributed by atoms with Crippen molar-refractivity contribution in [3.63, 3.8) is 0 Å². The topological polar surface area (TPSA) is 72.1 Å². The lowest BCUT2D eigenvalue weighted by atomic mass is 10.2. The molecule has 2 aromatic heterocycles. The van der Waals surface area contributed by atoms with E-state index in [2.05, 4.69) is 20.3 Å². The van der Waals surface area contributed by atoms with Crippen LogP contribution in [0.2, 0.25) is 0 Å². The first kappa shape index (κ1) is 18.6. The maximum atomic E-state index is 12.9. The molecule has 2 N–H and O–H groups in total. The first-order valence-electron chi connectivity index (χ1n) is 8.53. The third-order valence-corrected chi connectivity index (χ3v) is 4.09. The van der Waals surface area contributed by atoms with Crippen molar-refractivity contribution in [1.29, 1.82) is 0 Å². The van der Waals surface area contributed by atoms with Gasteiger partial charge in [-0.25, -0.2) is 9.97 Å². The standard InChI is InChI=1S/C20H15F3N4O2/c1-28-13-7-8-15-17(11-13)27-19(25-15)26-16-6-3-9-24-18(16)29-14-5-2-4-12(10-14)20(21,22)23/h2-11H,1H3,(H2,25,26,27). The number of ether oxygens (including phenoxy) is 2. The molecule has 0 aliphatic heterocycles. The predicted molar refractivity (Wildman–Crippen MR) is 102 cm³/mol. The van der Waals surface area contributed by atoms with Crippen LogP contribution in [-0.2, 0) is 6.18 Å². The van der Waals surface area contributed by atoms with Crippen molar-refractivity contribution in [2.75, 3.05) is 12.4 Å². The Bertz CT molecular complexity index is 1160. The van der Waals surface area contributed by atoms with Crippen molar-refractivity contribution in [3.05, 3.63) is 66.4 Å². The maximum absolute atomic E-state index is 12.9. The van der Waals surface area contributed by atoms with Gasteiger partial charge in [-0.2, -0.15) is 13.2 Å². The number of hydrogen-bond donors (Lipinski definition) is 2. The summed E-state index contributed by atoms with van der Waals surface area (Å²) in [6, 6.07) is 13.4. The summed E-state index contributed by atoms with van der Waals surface area (Å²) < 4.78 is 49.6. The van der Waals surface area contributed by atoms with Crippen LogP contribution in [0.3, 0.4) is 0 Å². The van der Waals surface area contributed by atoms with Crippen LogP contribution < -0.4 is 14.8 Å². The summed E-state index contributed by atoms with van der Waals surface area (Å²) >= 11 is 0. The van der Waals surface area contributed by atoms with Crippen molar-refractivity contribution < 1.29 is 22.6 Å². The average molecular weight is 400 g/mol. The van der Waals surface area contributed by atoms with Crippen LogP contribution in [0.25, 0.3) is 11.0 Å². The van der Waals surface area contributed by atoms with E-state index in [1.165, 1.54) is 18.3 Å². The third-order valence-electron chi connectivity index (χ3n) is 4.09. The lowest BCUT2D eigenvalue weighted by molar-refractivity contribution is -0.137. The molecule has 0 unspecified atom stereocenters. The normalized spacial score (nSPS) is 11.4. The molecule has 148 valence electrons. The summed E-state index contributed by atoms with van der Waals surface area (Å²) in [5, 5.41) is 3.05. The number of H-pyrrole nitrogens is 1. The molecule has 0 bridgehead atoms. The van der Waals surface area contributed by atoms with Gasteiger partial charge in [-0.05, 0) is 42.5 Å². The number of fused-ring (bicyclic) bond motifs is 1. The van der Waals surface area contributed by atoms with Crippen LogP contribution in [-0.4, -0.2) is 22.1 Å². The number of alkyl halides is 3. The van der Waals surface area contributed by atoms with Crippen LogP contribution in [0.4, 0.5) is 24.8 Å². The van der Waals surface area contributed by atoms with E-state index in [9.17, 15) is 13.2 Å². The van der Waals surface area contributed by atoms with Gasteiger partial charge < -0.3 is 19.8 Å². The molecular weight excluding hydrogens is 385 g/mol. The quantitative estimate of drug-likeness (QED) is 0.461. The number of methoxy groups -OCH3 is 1. The van der Waals surface area contributed by atoms with Crippen molar-refractivity contribution in [3.8, 4) is 17.4 Å². The second-order valence-corrected chi connectivity index (χ2v) is 6.08. The number of nitrogens with one attached hydrogen (secondary N) is 2. The summed E-state index contributed by atoms with van der Waals surface area (Å²) in [5.41, 5.74) is 1.12. The summed E-state index contributed by atoms with van der Waals surface area (Å²) in [5.74, 6) is 1.25. The van der Waals surface area contributed by atoms with E-state index in [-0.39, 0.29) is 11.6 Å². The monoisotopic (exact) mass is 400 g/mol. The molecule has 0 radical (unpaired) electrons. The molecule has 0 fully saturated rings. The van der Waals surface area contributed by atoms with E-state index in [0.717, 1.165) is 23.2 Å². The van der Waals surface area contributed by atoms with Gasteiger partial charge in [0.1, 0.15) is 17.2 Å². The molecule has 9 heteroatoms. The van der Waals surface area contributed by atoms with Crippen LogP contribution in [0.5, 0.6) is 17.4 Å². The van der Waals surface area contributed by atoms with Gasteiger partial charge in [-0.15, -0.1) is 0 Å². The molecular formula is C20H15F3N4O2. The van der Waals surface area contributed by atoms with Crippen molar-refractivity contribution in [2.24, 2.45) is 0 Å². The number of pyridine rings is 1.